The van der Waals surface area contributed by atoms with Gasteiger partial charge in [0.1, 0.15) is 6.33 Å². The molecule has 3 aromatic rings. The lowest BCUT2D eigenvalue weighted by Crippen LogP contribution is -2.35. The highest BCUT2D eigenvalue weighted by Crippen LogP contribution is 2.30. The molecule has 1 aromatic carbocycles. The van der Waals surface area contributed by atoms with Gasteiger partial charge in [-0.25, -0.2) is 14.6 Å². The molecule has 4 heterocycles. The zero-order valence-electron chi connectivity index (χ0n) is 14.8. The molecule has 2 aliphatic rings. The van der Waals surface area contributed by atoms with Crippen LogP contribution >= 0.6 is 0 Å². The maximum Gasteiger partial charge on any atom is 0.228 e. The maximum atomic E-state index is 13.1. The molecule has 2 aromatic heterocycles. The molecular formula is C20H19N5O2. The van der Waals surface area contributed by atoms with Crippen molar-refractivity contribution < 1.29 is 9.53 Å². The van der Waals surface area contributed by atoms with Crippen LogP contribution in [0.15, 0.2) is 48.9 Å². The van der Waals surface area contributed by atoms with Crippen LogP contribution in [0, 0.1) is 5.92 Å². The third-order valence-corrected chi connectivity index (χ3v) is 5.18. The molecule has 5 rings (SSSR count). The van der Waals surface area contributed by atoms with Gasteiger partial charge in [0, 0.05) is 23.9 Å². The van der Waals surface area contributed by atoms with Gasteiger partial charge < -0.3 is 9.64 Å². The molecule has 0 bridgehead atoms. The molecule has 0 aliphatic carbocycles. The van der Waals surface area contributed by atoms with E-state index in [-0.39, 0.29) is 11.8 Å². The largest absolute Gasteiger partial charge is 0.381 e. The van der Waals surface area contributed by atoms with E-state index in [1.54, 1.807) is 12.5 Å². The fourth-order valence-corrected chi connectivity index (χ4v) is 3.80. The van der Waals surface area contributed by atoms with Crippen molar-refractivity contribution in [2.24, 2.45) is 5.92 Å². The number of fused-ring (bicyclic) bond motifs is 3. The Kier molecular flexibility index (Phi) is 3.94. The maximum absolute atomic E-state index is 13.1. The molecule has 2 aliphatic heterocycles. The van der Waals surface area contributed by atoms with Crippen LogP contribution in [0.4, 0.5) is 0 Å². The number of amides is 1. The van der Waals surface area contributed by atoms with E-state index in [0.717, 1.165) is 34.8 Å². The second-order valence-corrected chi connectivity index (χ2v) is 6.88. The summed E-state index contributed by atoms with van der Waals surface area (Å²) >= 11 is 0. The van der Waals surface area contributed by atoms with Crippen LogP contribution in [-0.2, 0) is 22.6 Å². The van der Waals surface area contributed by atoms with Crippen LogP contribution < -0.4 is 0 Å². The number of nitrogens with zero attached hydrogens (tertiary/aromatic N) is 5. The molecule has 0 N–H and O–H groups in total. The molecule has 1 saturated heterocycles. The van der Waals surface area contributed by atoms with Crippen molar-refractivity contribution in [3.05, 3.63) is 60.2 Å². The van der Waals surface area contributed by atoms with Gasteiger partial charge >= 0.3 is 0 Å². The number of benzene rings is 1. The minimum absolute atomic E-state index is 0.0762. The smallest absolute Gasteiger partial charge is 0.228 e. The molecule has 1 fully saturated rings. The number of hydrogen-bond acceptors (Lipinski definition) is 5. The summed E-state index contributed by atoms with van der Waals surface area (Å²) in [5, 5.41) is 4.45. The molecule has 0 radical (unpaired) electrons. The van der Waals surface area contributed by atoms with Gasteiger partial charge in [0.05, 0.1) is 37.0 Å². The summed E-state index contributed by atoms with van der Waals surface area (Å²) in [4.78, 5) is 24.0. The Balaban J connectivity index is 1.63. The van der Waals surface area contributed by atoms with Crippen molar-refractivity contribution >= 4 is 5.91 Å². The second kappa shape index (κ2) is 6.59. The number of hydrogen-bond donors (Lipinski definition) is 0. The second-order valence-electron chi connectivity index (χ2n) is 6.88. The van der Waals surface area contributed by atoms with E-state index >= 15 is 0 Å². The Labute approximate surface area is 156 Å². The Bertz CT molecular complexity index is 979. The Hall–Kier alpha value is -3.06. The van der Waals surface area contributed by atoms with Crippen LogP contribution in [0.1, 0.15) is 17.7 Å². The van der Waals surface area contributed by atoms with Gasteiger partial charge in [0.2, 0.25) is 5.91 Å². The zero-order chi connectivity index (χ0) is 18.2. The summed E-state index contributed by atoms with van der Waals surface area (Å²) in [6, 6.07) is 11.9. The van der Waals surface area contributed by atoms with Gasteiger partial charge in [-0.1, -0.05) is 30.3 Å². The van der Waals surface area contributed by atoms with E-state index in [2.05, 4.69) is 15.1 Å². The first kappa shape index (κ1) is 16.1. The fourth-order valence-electron chi connectivity index (χ4n) is 3.80. The van der Waals surface area contributed by atoms with Gasteiger partial charge in [-0.15, -0.1) is 0 Å². The molecule has 7 heteroatoms. The van der Waals surface area contributed by atoms with E-state index in [0.29, 0.717) is 26.3 Å². The molecule has 0 spiro atoms. The number of aromatic nitrogens is 4. The first-order chi connectivity index (χ1) is 13.3. The standard InChI is InChI=1S/C20H19N5O2/c26-20(15-7-9-27-12-15)24-10-16-6-8-23-25(16)19-17(11-24)18(21-13-22-19)14-4-2-1-3-5-14/h1-6,8,13,15H,7,9-12H2. The minimum Gasteiger partial charge on any atom is -0.381 e. The van der Waals surface area contributed by atoms with E-state index in [4.69, 9.17) is 4.74 Å². The Morgan fingerprint density at radius 2 is 2.00 bits per heavy atom. The lowest BCUT2D eigenvalue weighted by Gasteiger charge is -2.24. The van der Waals surface area contributed by atoms with Crippen LogP contribution in [0.3, 0.4) is 0 Å². The minimum atomic E-state index is -0.0762. The van der Waals surface area contributed by atoms with E-state index in [1.807, 2.05) is 46.0 Å². The average molecular weight is 361 g/mol. The van der Waals surface area contributed by atoms with Crippen molar-refractivity contribution in [1.82, 2.24) is 24.6 Å². The third-order valence-electron chi connectivity index (χ3n) is 5.18. The summed E-state index contributed by atoms with van der Waals surface area (Å²) < 4.78 is 7.25. The van der Waals surface area contributed by atoms with Gasteiger partial charge in [-0.2, -0.15) is 5.10 Å². The van der Waals surface area contributed by atoms with E-state index < -0.39 is 0 Å². The monoisotopic (exact) mass is 361 g/mol. The number of ether oxygens (including phenoxy) is 1. The normalized spacial score (nSPS) is 18.7. The molecule has 1 unspecified atom stereocenters. The van der Waals surface area contributed by atoms with Gasteiger partial charge in [0.25, 0.3) is 0 Å². The fraction of sp³-hybridized carbons (Fsp3) is 0.300. The highest BCUT2D eigenvalue weighted by molar-refractivity contribution is 5.80. The molecule has 1 amide bonds. The number of rotatable bonds is 2. The SMILES string of the molecule is O=C(C1CCOC1)N1Cc2c(-c3ccccc3)ncnc2-n2nccc2C1. The molecule has 7 nitrogen and oxygen atoms in total. The zero-order valence-corrected chi connectivity index (χ0v) is 14.8. The molecule has 136 valence electrons. The molecule has 27 heavy (non-hydrogen) atoms. The van der Waals surface area contributed by atoms with E-state index in [9.17, 15) is 4.79 Å². The van der Waals surface area contributed by atoms with Crippen LogP contribution in [-0.4, -0.2) is 43.8 Å². The summed E-state index contributed by atoms with van der Waals surface area (Å²) in [5.41, 5.74) is 3.70. The quantitative estimate of drug-likeness (QED) is 0.700. The lowest BCUT2D eigenvalue weighted by atomic mass is 10.0. The number of carbonyl (C=O) groups is 1. The first-order valence-corrected chi connectivity index (χ1v) is 9.10. The summed E-state index contributed by atoms with van der Waals surface area (Å²) in [7, 11) is 0. The van der Waals surface area contributed by atoms with Crippen molar-refractivity contribution in [3.8, 4) is 17.1 Å². The third kappa shape index (κ3) is 2.80. The summed E-state index contributed by atoms with van der Waals surface area (Å²) in [6.07, 6.45) is 4.09. The predicted octanol–water partition coefficient (Wildman–Crippen LogP) is 2.21. The van der Waals surface area contributed by atoms with Crippen molar-refractivity contribution in [3.63, 3.8) is 0 Å². The van der Waals surface area contributed by atoms with Crippen LogP contribution in [0.5, 0.6) is 0 Å². The van der Waals surface area contributed by atoms with Crippen molar-refractivity contribution in [1.29, 1.82) is 0 Å². The summed E-state index contributed by atoms with van der Waals surface area (Å²) in [5.74, 6) is 0.783. The highest BCUT2D eigenvalue weighted by atomic mass is 16.5. The highest BCUT2D eigenvalue weighted by Gasteiger charge is 2.32. The van der Waals surface area contributed by atoms with E-state index in [1.165, 1.54) is 0 Å². The topological polar surface area (TPSA) is 73.1 Å². The summed E-state index contributed by atoms with van der Waals surface area (Å²) in [6.45, 7) is 2.11. The van der Waals surface area contributed by atoms with Gasteiger partial charge in [-0.05, 0) is 12.5 Å². The molecular weight excluding hydrogens is 342 g/mol. The Morgan fingerprint density at radius 3 is 2.81 bits per heavy atom. The van der Waals surface area contributed by atoms with Crippen LogP contribution in [0.2, 0.25) is 0 Å². The van der Waals surface area contributed by atoms with Crippen LogP contribution in [0.25, 0.3) is 17.1 Å². The molecule has 1 atom stereocenters. The average Bonchev–Trinajstić information content (AvgIpc) is 3.38. The lowest BCUT2D eigenvalue weighted by molar-refractivity contribution is -0.136. The number of carbonyl (C=O) groups excluding carboxylic acids is 1. The van der Waals surface area contributed by atoms with Crippen molar-refractivity contribution in [2.45, 2.75) is 19.5 Å². The molecule has 0 saturated carbocycles. The van der Waals surface area contributed by atoms with Crippen molar-refractivity contribution in [2.75, 3.05) is 13.2 Å². The first-order valence-electron chi connectivity index (χ1n) is 9.10. The van der Waals surface area contributed by atoms with Gasteiger partial charge in [0.15, 0.2) is 5.82 Å². The predicted molar refractivity (Wildman–Crippen MR) is 97.8 cm³/mol. The Morgan fingerprint density at radius 1 is 1.11 bits per heavy atom. The van der Waals surface area contributed by atoms with Gasteiger partial charge in [-0.3, -0.25) is 4.79 Å².